The highest BCUT2D eigenvalue weighted by molar-refractivity contribution is 8.00. The van der Waals surface area contributed by atoms with Gasteiger partial charge in [-0.25, -0.2) is 19.0 Å². The lowest BCUT2D eigenvalue weighted by Gasteiger charge is -2.55. The summed E-state index contributed by atoms with van der Waals surface area (Å²) in [6, 6.07) is 0. The van der Waals surface area contributed by atoms with Gasteiger partial charge in [0.2, 0.25) is 0 Å². The Bertz CT molecular complexity index is 1480. The Kier molecular flexibility index (Phi) is 7.61. The van der Waals surface area contributed by atoms with Crippen molar-refractivity contribution in [2.75, 3.05) is 18.7 Å². The number of esters is 1. The van der Waals surface area contributed by atoms with Crippen molar-refractivity contribution in [2.24, 2.45) is 9.55 Å². The van der Waals surface area contributed by atoms with Crippen LogP contribution in [0.2, 0.25) is 0 Å². The topological polar surface area (TPSA) is 169 Å². The second-order valence-electron chi connectivity index (χ2n) is 8.03. The molecule has 14 nitrogen and oxygen atoms in total. The third-order valence-electron chi connectivity index (χ3n) is 5.84. The standard InChI is InChI=1S/C21H18N6O8S4/c1-10-13(35-20(31)34-10)3-33-17(29)15-12(26-7-23-39-9-26)5-38-19-21(6-36,18(30)27(15)19)24-16(28)14(25-32-2)11-4-37-8-22-11/h4,6-8,19H,3,5,9H2,1-2H3,(H,24,28)/t19-,21?/m0/s1. The number of ether oxygens (including phenoxy) is 1. The van der Waals surface area contributed by atoms with Gasteiger partial charge in [-0.2, -0.15) is 0 Å². The maximum atomic E-state index is 13.7. The number of amides is 2. The molecule has 18 heteroatoms. The molecule has 0 aliphatic carbocycles. The van der Waals surface area contributed by atoms with Crippen LogP contribution in [0.15, 0.2) is 45.5 Å². The Morgan fingerprint density at radius 3 is 2.82 bits per heavy atom. The lowest BCUT2D eigenvalue weighted by Crippen LogP contribution is -2.81. The zero-order chi connectivity index (χ0) is 27.7. The van der Waals surface area contributed by atoms with Crippen LogP contribution in [0.4, 0.5) is 0 Å². The van der Waals surface area contributed by atoms with E-state index in [-0.39, 0.29) is 34.4 Å². The van der Waals surface area contributed by atoms with Crippen molar-refractivity contribution in [1.29, 1.82) is 0 Å². The van der Waals surface area contributed by atoms with E-state index in [0.29, 0.717) is 11.6 Å². The molecule has 0 aromatic carbocycles. The SMILES string of the molecule is CON=C(C(=O)NC1(C=S)C(=O)N2C(C(=O)OCc3oc(=O)oc3C)=C(N3C=NSC3)CS[C@H]21)c1cscn1. The number of hydrogen-bond acceptors (Lipinski definition) is 16. The number of thiazole rings is 1. The van der Waals surface area contributed by atoms with E-state index < -0.39 is 41.1 Å². The zero-order valence-corrected chi connectivity index (χ0v) is 23.4. The number of nitrogens with one attached hydrogen (secondary N) is 1. The lowest BCUT2D eigenvalue weighted by molar-refractivity contribution is -0.156. The molecule has 2 amide bonds. The van der Waals surface area contributed by atoms with Gasteiger partial charge >= 0.3 is 11.8 Å². The highest BCUT2D eigenvalue weighted by Gasteiger charge is 2.65. The van der Waals surface area contributed by atoms with Crippen LogP contribution in [0.25, 0.3) is 0 Å². The highest BCUT2D eigenvalue weighted by atomic mass is 32.2. The van der Waals surface area contributed by atoms with Crippen LogP contribution in [0.1, 0.15) is 17.2 Å². The zero-order valence-electron chi connectivity index (χ0n) is 20.1. The first-order chi connectivity index (χ1) is 18.8. The molecule has 39 heavy (non-hydrogen) atoms. The minimum absolute atomic E-state index is 0.0341. The minimum Gasteiger partial charge on any atom is -0.453 e. The molecule has 0 spiro atoms. The Morgan fingerprint density at radius 2 is 2.21 bits per heavy atom. The van der Waals surface area contributed by atoms with Gasteiger partial charge in [-0.15, -0.1) is 23.1 Å². The van der Waals surface area contributed by atoms with E-state index in [1.807, 2.05) is 0 Å². The monoisotopic (exact) mass is 610 g/mol. The Labute approximate surface area is 237 Å². The Hall–Kier alpha value is -3.48. The summed E-state index contributed by atoms with van der Waals surface area (Å²) >= 11 is 9.05. The molecule has 1 unspecified atom stereocenters. The van der Waals surface area contributed by atoms with Gasteiger partial charge in [-0.3, -0.25) is 14.5 Å². The number of rotatable bonds is 9. The van der Waals surface area contributed by atoms with E-state index in [4.69, 9.17) is 30.6 Å². The van der Waals surface area contributed by atoms with Gasteiger partial charge in [0, 0.05) is 16.5 Å². The van der Waals surface area contributed by atoms with Crippen molar-refractivity contribution < 1.29 is 32.8 Å². The highest BCUT2D eigenvalue weighted by Crippen LogP contribution is 2.47. The van der Waals surface area contributed by atoms with Crippen LogP contribution in [-0.2, 0) is 30.6 Å². The van der Waals surface area contributed by atoms with Crippen molar-refractivity contribution in [2.45, 2.75) is 24.4 Å². The van der Waals surface area contributed by atoms with Crippen LogP contribution >= 0.6 is 47.3 Å². The van der Waals surface area contributed by atoms with E-state index in [1.165, 1.54) is 59.5 Å². The van der Waals surface area contributed by atoms with Gasteiger partial charge < -0.3 is 28.6 Å². The fourth-order valence-electron chi connectivity index (χ4n) is 3.97. The Balaban J connectivity index is 1.44. The molecule has 1 saturated heterocycles. The predicted octanol–water partition coefficient (Wildman–Crippen LogP) is 1.02. The van der Waals surface area contributed by atoms with E-state index in [2.05, 4.69) is 19.9 Å². The van der Waals surface area contributed by atoms with Gasteiger partial charge in [0.1, 0.15) is 24.5 Å². The van der Waals surface area contributed by atoms with Crippen molar-refractivity contribution in [3.05, 3.63) is 50.1 Å². The normalized spacial score (nSPS) is 22.5. The molecule has 1 fully saturated rings. The number of fused-ring (bicyclic) bond motifs is 1. The maximum Gasteiger partial charge on any atom is 0.519 e. The molecule has 3 aliphatic rings. The molecule has 0 radical (unpaired) electrons. The summed E-state index contributed by atoms with van der Waals surface area (Å²) < 4.78 is 19.2. The predicted molar refractivity (Wildman–Crippen MR) is 145 cm³/mol. The fraction of sp³-hybridized carbons (Fsp3) is 0.333. The number of thioether (sulfide) groups is 1. The summed E-state index contributed by atoms with van der Waals surface area (Å²) in [4.78, 5) is 63.5. The molecule has 2 aromatic rings. The molecular formula is C21H18N6O8S4. The third-order valence-corrected chi connectivity index (χ3v) is 8.77. The van der Waals surface area contributed by atoms with Crippen LogP contribution in [-0.4, -0.2) is 79.6 Å². The number of oxime groups is 1. The fourth-order valence-corrected chi connectivity index (χ4v) is 6.94. The first-order valence-electron chi connectivity index (χ1n) is 11.0. The van der Waals surface area contributed by atoms with Gasteiger partial charge in [0.25, 0.3) is 11.8 Å². The number of thiocarbonyl (C=S) groups is 1. The molecule has 3 aliphatic heterocycles. The van der Waals surface area contributed by atoms with Gasteiger partial charge in [0.15, 0.2) is 35.1 Å². The second-order valence-corrected chi connectivity index (χ2v) is 10.8. The van der Waals surface area contributed by atoms with Crippen molar-refractivity contribution in [3.8, 4) is 0 Å². The summed E-state index contributed by atoms with van der Waals surface area (Å²) in [5.74, 6) is -2.23. The lowest BCUT2D eigenvalue weighted by atomic mass is 9.88. The number of β-lactam (4-membered cyclic amide) rings is 1. The molecule has 5 rings (SSSR count). The van der Waals surface area contributed by atoms with E-state index in [9.17, 15) is 19.2 Å². The number of aryl methyl sites for hydroxylation is 1. The Morgan fingerprint density at radius 1 is 1.38 bits per heavy atom. The van der Waals surface area contributed by atoms with Crippen LogP contribution in [0.5, 0.6) is 0 Å². The molecule has 5 heterocycles. The number of nitrogens with zero attached hydrogens (tertiary/aromatic N) is 5. The molecule has 0 bridgehead atoms. The smallest absolute Gasteiger partial charge is 0.453 e. The largest absolute Gasteiger partial charge is 0.519 e. The number of carbonyl (C=O) groups is 3. The summed E-state index contributed by atoms with van der Waals surface area (Å²) in [5.41, 5.74) is 0.476. The first kappa shape index (κ1) is 27.1. The summed E-state index contributed by atoms with van der Waals surface area (Å²) in [5, 5.41) is 8.44. The van der Waals surface area contributed by atoms with Crippen molar-refractivity contribution in [1.82, 2.24) is 20.1 Å². The van der Waals surface area contributed by atoms with Gasteiger partial charge in [-0.05, 0) is 18.9 Å². The van der Waals surface area contributed by atoms with E-state index >= 15 is 0 Å². The molecular weight excluding hydrogens is 593 g/mol. The third kappa shape index (κ3) is 4.77. The molecule has 1 N–H and O–H groups in total. The molecule has 2 aromatic heterocycles. The summed E-state index contributed by atoms with van der Waals surface area (Å²) in [6.07, 6.45) is 1.55. The second kappa shape index (κ2) is 10.9. The van der Waals surface area contributed by atoms with Crippen LogP contribution in [0.3, 0.4) is 0 Å². The number of hydrogen-bond donors (Lipinski definition) is 1. The molecule has 0 saturated carbocycles. The maximum absolute atomic E-state index is 13.7. The van der Waals surface area contributed by atoms with Crippen molar-refractivity contribution in [3.63, 3.8) is 0 Å². The van der Waals surface area contributed by atoms with Crippen LogP contribution < -0.4 is 11.1 Å². The number of carbonyl (C=O) groups excluding carboxylic acids is 3. The van der Waals surface area contributed by atoms with Crippen molar-refractivity contribution >= 4 is 82.5 Å². The molecule has 204 valence electrons. The first-order valence-corrected chi connectivity index (χ1v) is 14.4. The van der Waals surface area contributed by atoms with E-state index in [1.54, 1.807) is 16.6 Å². The van der Waals surface area contributed by atoms with Gasteiger partial charge in [-0.1, -0.05) is 17.4 Å². The number of aromatic nitrogens is 1. The minimum atomic E-state index is -1.62. The quantitative estimate of drug-likeness (QED) is 0.107. The average molecular weight is 611 g/mol. The summed E-state index contributed by atoms with van der Waals surface area (Å²) in [6.45, 7) is 1.10. The molecule has 2 atom stereocenters. The van der Waals surface area contributed by atoms with Crippen LogP contribution in [0, 0.1) is 6.92 Å². The van der Waals surface area contributed by atoms with E-state index in [0.717, 1.165) is 5.37 Å². The van der Waals surface area contributed by atoms with Gasteiger partial charge in [0.05, 0.1) is 17.1 Å². The summed E-state index contributed by atoms with van der Waals surface area (Å²) in [7, 11) is 1.28. The average Bonchev–Trinajstić information content (AvgIpc) is 3.71.